The van der Waals surface area contributed by atoms with Gasteiger partial charge in [-0.1, -0.05) is 74.7 Å². The molecule has 0 heterocycles. The molecule has 0 radical (unpaired) electrons. The molecule has 1 unspecified atom stereocenters. The van der Waals surface area contributed by atoms with Gasteiger partial charge in [0.1, 0.15) is 0 Å². The molecule has 1 aliphatic carbocycles. The summed E-state index contributed by atoms with van der Waals surface area (Å²) in [5, 5.41) is 2.50. The standard InChI is InChI=1S/C24H28ClF3N2O/c1-3-30(4-2)23(15-8-9-16-23)21(17-11-6-5-7-12-17)29-22(31)18-13-10-14-19(20(18)25)24(26,27)28/h5-7,10-14,21H,3-4,8-9,15-16H2,1-2H3,(H,29,31). The Labute approximate surface area is 186 Å². The first kappa shape index (κ1) is 23.6. The number of carbonyl (C=O) groups is 1. The zero-order valence-electron chi connectivity index (χ0n) is 17.8. The summed E-state index contributed by atoms with van der Waals surface area (Å²) < 4.78 is 39.9. The number of hydrogen-bond donors (Lipinski definition) is 1. The van der Waals surface area contributed by atoms with E-state index >= 15 is 0 Å². The highest BCUT2D eigenvalue weighted by Gasteiger charge is 2.46. The van der Waals surface area contributed by atoms with Gasteiger partial charge in [-0.25, -0.2) is 0 Å². The smallest absolute Gasteiger partial charge is 0.343 e. The van der Waals surface area contributed by atoms with Crippen LogP contribution in [0.25, 0.3) is 0 Å². The number of halogens is 4. The van der Waals surface area contributed by atoms with Crippen LogP contribution in [0.3, 0.4) is 0 Å². The topological polar surface area (TPSA) is 32.3 Å². The van der Waals surface area contributed by atoms with Crippen LogP contribution < -0.4 is 5.32 Å². The van der Waals surface area contributed by atoms with Gasteiger partial charge >= 0.3 is 6.18 Å². The quantitative estimate of drug-likeness (QED) is 0.521. The summed E-state index contributed by atoms with van der Waals surface area (Å²) in [7, 11) is 0. The number of amides is 1. The van der Waals surface area contributed by atoms with Crippen molar-refractivity contribution >= 4 is 17.5 Å². The van der Waals surface area contributed by atoms with E-state index in [1.807, 2.05) is 30.3 Å². The van der Waals surface area contributed by atoms with Crippen LogP contribution in [0.15, 0.2) is 48.5 Å². The first-order valence-electron chi connectivity index (χ1n) is 10.7. The molecule has 2 aromatic rings. The third kappa shape index (κ3) is 4.75. The fourth-order valence-electron chi connectivity index (χ4n) is 4.94. The average molecular weight is 453 g/mol. The van der Waals surface area contributed by atoms with Gasteiger partial charge in [-0.2, -0.15) is 13.2 Å². The second-order valence-electron chi connectivity index (χ2n) is 7.97. The highest BCUT2D eigenvalue weighted by atomic mass is 35.5. The van der Waals surface area contributed by atoms with Crippen molar-refractivity contribution in [3.8, 4) is 0 Å². The molecule has 1 atom stereocenters. The number of likely N-dealkylation sites (N-methyl/N-ethyl adjacent to an activating group) is 1. The third-order valence-electron chi connectivity index (χ3n) is 6.36. The Morgan fingerprint density at radius 3 is 2.23 bits per heavy atom. The SMILES string of the molecule is CCN(CC)C1(C(NC(=O)c2cccc(C(F)(F)F)c2Cl)c2ccccc2)CCCC1. The molecule has 7 heteroatoms. The zero-order valence-corrected chi connectivity index (χ0v) is 18.6. The van der Waals surface area contributed by atoms with Gasteiger partial charge in [0, 0.05) is 5.54 Å². The summed E-state index contributed by atoms with van der Waals surface area (Å²) >= 11 is 6.04. The number of nitrogens with zero attached hydrogens (tertiary/aromatic N) is 1. The Balaban J connectivity index is 2.04. The molecule has 1 amide bonds. The lowest BCUT2D eigenvalue weighted by Crippen LogP contribution is -2.56. The first-order valence-corrected chi connectivity index (χ1v) is 11.1. The molecule has 0 saturated heterocycles. The Morgan fingerprint density at radius 2 is 1.68 bits per heavy atom. The molecule has 3 nitrogen and oxygen atoms in total. The second-order valence-corrected chi connectivity index (χ2v) is 8.34. The van der Waals surface area contributed by atoms with Gasteiger partial charge in [0.25, 0.3) is 5.91 Å². The zero-order chi connectivity index (χ0) is 22.6. The van der Waals surface area contributed by atoms with Gasteiger partial charge in [-0.15, -0.1) is 0 Å². The second kappa shape index (κ2) is 9.61. The average Bonchev–Trinajstić information content (AvgIpc) is 3.23. The molecule has 2 aromatic carbocycles. The van der Waals surface area contributed by atoms with Crippen molar-refractivity contribution in [1.82, 2.24) is 10.2 Å². The molecule has 1 N–H and O–H groups in total. The summed E-state index contributed by atoms with van der Waals surface area (Å²) in [4.78, 5) is 15.6. The monoisotopic (exact) mass is 452 g/mol. The van der Waals surface area contributed by atoms with E-state index in [2.05, 4.69) is 24.1 Å². The van der Waals surface area contributed by atoms with Gasteiger partial charge in [-0.05, 0) is 43.6 Å². The van der Waals surface area contributed by atoms with E-state index in [-0.39, 0.29) is 17.1 Å². The van der Waals surface area contributed by atoms with E-state index in [1.54, 1.807) is 0 Å². The summed E-state index contributed by atoms with van der Waals surface area (Å²) in [5.41, 5.74) is -0.524. The number of carbonyl (C=O) groups excluding carboxylic acids is 1. The molecule has 168 valence electrons. The van der Waals surface area contributed by atoms with E-state index < -0.39 is 22.7 Å². The van der Waals surface area contributed by atoms with Crippen LogP contribution in [0, 0.1) is 0 Å². The van der Waals surface area contributed by atoms with Crippen LogP contribution in [0.2, 0.25) is 5.02 Å². The highest BCUT2D eigenvalue weighted by Crippen LogP contribution is 2.45. The fourth-order valence-corrected chi connectivity index (χ4v) is 5.26. The van der Waals surface area contributed by atoms with Crippen LogP contribution in [-0.2, 0) is 6.18 Å². The van der Waals surface area contributed by atoms with Crippen molar-refractivity contribution in [1.29, 1.82) is 0 Å². The van der Waals surface area contributed by atoms with Crippen molar-refractivity contribution in [3.05, 3.63) is 70.2 Å². The number of nitrogens with one attached hydrogen (secondary N) is 1. The summed E-state index contributed by atoms with van der Waals surface area (Å²) in [6.45, 7) is 5.83. The predicted octanol–water partition coefficient (Wildman–Crippen LogP) is 6.48. The maximum absolute atomic E-state index is 13.3. The Bertz CT molecular complexity index is 891. The largest absolute Gasteiger partial charge is 0.417 e. The number of hydrogen-bond acceptors (Lipinski definition) is 2. The van der Waals surface area contributed by atoms with E-state index in [1.165, 1.54) is 12.1 Å². The lowest BCUT2D eigenvalue weighted by Gasteiger charge is -2.46. The Kier molecular flexibility index (Phi) is 7.32. The van der Waals surface area contributed by atoms with Crippen molar-refractivity contribution in [2.45, 2.75) is 57.3 Å². The molecule has 1 saturated carbocycles. The Morgan fingerprint density at radius 1 is 1.06 bits per heavy atom. The van der Waals surface area contributed by atoms with Gasteiger partial charge < -0.3 is 5.32 Å². The Hall–Kier alpha value is -2.05. The van der Waals surface area contributed by atoms with Gasteiger partial charge in [0.05, 0.1) is 22.2 Å². The predicted molar refractivity (Wildman–Crippen MR) is 117 cm³/mol. The maximum atomic E-state index is 13.3. The van der Waals surface area contributed by atoms with Crippen molar-refractivity contribution < 1.29 is 18.0 Å². The van der Waals surface area contributed by atoms with Crippen LogP contribution in [-0.4, -0.2) is 29.4 Å². The van der Waals surface area contributed by atoms with Crippen LogP contribution in [0.1, 0.15) is 67.1 Å². The number of rotatable bonds is 7. The van der Waals surface area contributed by atoms with Gasteiger partial charge in [-0.3, -0.25) is 9.69 Å². The molecule has 0 spiro atoms. The van der Waals surface area contributed by atoms with Crippen molar-refractivity contribution in [2.24, 2.45) is 0 Å². The molecule has 0 aromatic heterocycles. The molecule has 1 fully saturated rings. The van der Waals surface area contributed by atoms with E-state index in [0.717, 1.165) is 50.4 Å². The maximum Gasteiger partial charge on any atom is 0.417 e. The lowest BCUT2D eigenvalue weighted by molar-refractivity contribution is -0.137. The summed E-state index contributed by atoms with van der Waals surface area (Å²) in [6, 6.07) is 12.7. The van der Waals surface area contributed by atoms with Crippen LogP contribution >= 0.6 is 11.6 Å². The highest BCUT2D eigenvalue weighted by molar-refractivity contribution is 6.34. The van der Waals surface area contributed by atoms with E-state index in [9.17, 15) is 18.0 Å². The minimum Gasteiger partial charge on any atom is -0.343 e. The van der Waals surface area contributed by atoms with Crippen molar-refractivity contribution in [3.63, 3.8) is 0 Å². The summed E-state index contributed by atoms with van der Waals surface area (Å²) in [5.74, 6) is -0.594. The van der Waals surface area contributed by atoms with E-state index in [0.29, 0.717) is 0 Å². The normalized spacial score (nSPS) is 17.0. The van der Waals surface area contributed by atoms with Gasteiger partial charge in [0.2, 0.25) is 0 Å². The van der Waals surface area contributed by atoms with Crippen LogP contribution in [0.5, 0.6) is 0 Å². The van der Waals surface area contributed by atoms with E-state index in [4.69, 9.17) is 11.6 Å². The first-order chi connectivity index (χ1) is 14.7. The fraction of sp³-hybridized carbons (Fsp3) is 0.458. The molecule has 3 rings (SSSR count). The van der Waals surface area contributed by atoms with Crippen molar-refractivity contribution in [2.75, 3.05) is 13.1 Å². The third-order valence-corrected chi connectivity index (χ3v) is 6.76. The lowest BCUT2D eigenvalue weighted by atomic mass is 9.81. The molecular weight excluding hydrogens is 425 g/mol. The molecule has 0 bridgehead atoms. The summed E-state index contributed by atoms with van der Waals surface area (Å²) in [6.07, 6.45) is -0.726. The molecular formula is C24H28ClF3N2O. The molecule has 0 aliphatic heterocycles. The minimum atomic E-state index is -4.62. The van der Waals surface area contributed by atoms with Crippen LogP contribution in [0.4, 0.5) is 13.2 Å². The number of alkyl halides is 3. The molecule has 1 aliphatic rings. The number of benzene rings is 2. The van der Waals surface area contributed by atoms with Gasteiger partial charge in [0.15, 0.2) is 0 Å². The minimum absolute atomic E-state index is 0.162. The molecule has 31 heavy (non-hydrogen) atoms.